The van der Waals surface area contributed by atoms with Gasteiger partial charge in [-0.2, -0.15) is 0 Å². The highest BCUT2D eigenvalue weighted by Gasteiger charge is 2.14. The van der Waals surface area contributed by atoms with Crippen LogP contribution in [0.2, 0.25) is 0 Å². The van der Waals surface area contributed by atoms with Crippen molar-refractivity contribution in [3.8, 4) is 0 Å². The molecule has 0 amide bonds. The first-order valence-corrected chi connectivity index (χ1v) is 8.09. The minimum Gasteiger partial charge on any atom is -0.284 e. The Hall–Kier alpha value is -1.89. The van der Waals surface area contributed by atoms with Crippen molar-refractivity contribution in [3.05, 3.63) is 71.8 Å². The summed E-state index contributed by atoms with van der Waals surface area (Å²) < 4.78 is 0. The van der Waals surface area contributed by atoms with Crippen LogP contribution in [0.25, 0.3) is 0 Å². The van der Waals surface area contributed by atoms with E-state index in [1.165, 1.54) is 43.2 Å². The molecule has 1 aliphatic carbocycles. The Bertz CT molecular complexity index is 524. The average Bonchev–Trinajstić information content (AvgIpc) is 2.58. The molecule has 1 heteroatoms. The van der Waals surface area contributed by atoms with Gasteiger partial charge < -0.3 is 0 Å². The molecule has 0 radical (unpaired) electrons. The molecule has 0 bridgehead atoms. The van der Waals surface area contributed by atoms with Gasteiger partial charge in [0.25, 0.3) is 0 Å². The van der Waals surface area contributed by atoms with Crippen LogP contribution in [0.15, 0.2) is 65.7 Å². The molecule has 1 aliphatic rings. The number of hydrogen-bond donors (Lipinski definition) is 0. The molecule has 2 aromatic carbocycles. The van der Waals surface area contributed by atoms with Gasteiger partial charge in [0.15, 0.2) is 0 Å². The van der Waals surface area contributed by atoms with Gasteiger partial charge in [0.2, 0.25) is 0 Å². The summed E-state index contributed by atoms with van der Waals surface area (Å²) >= 11 is 0. The fourth-order valence-corrected chi connectivity index (χ4v) is 3.13. The summed E-state index contributed by atoms with van der Waals surface area (Å²) in [6.07, 6.45) is 6.86. The maximum Gasteiger partial charge on any atom is 0.0719 e. The minimum atomic E-state index is 0.779. The molecular formula is C20H23N. The van der Waals surface area contributed by atoms with Gasteiger partial charge in [-0.3, -0.25) is 4.99 Å². The smallest absolute Gasteiger partial charge is 0.0719 e. The van der Waals surface area contributed by atoms with Crippen molar-refractivity contribution >= 4 is 5.71 Å². The summed E-state index contributed by atoms with van der Waals surface area (Å²) in [7, 11) is 0. The second-order valence-electron chi connectivity index (χ2n) is 5.93. The molecular weight excluding hydrogens is 254 g/mol. The second kappa shape index (κ2) is 7.21. The second-order valence-corrected chi connectivity index (χ2v) is 5.93. The molecule has 0 saturated heterocycles. The predicted octanol–water partition coefficient (Wildman–Crippen LogP) is 5.10. The van der Waals surface area contributed by atoms with Crippen LogP contribution in [-0.4, -0.2) is 12.3 Å². The van der Waals surface area contributed by atoms with Crippen LogP contribution in [0, 0.1) is 5.92 Å². The van der Waals surface area contributed by atoms with Crippen molar-refractivity contribution < 1.29 is 0 Å². The van der Waals surface area contributed by atoms with E-state index in [0.717, 1.165) is 18.2 Å². The van der Waals surface area contributed by atoms with Gasteiger partial charge in [-0.15, -0.1) is 0 Å². The van der Waals surface area contributed by atoms with Crippen LogP contribution < -0.4 is 0 Å². The first-order chi connectivity index (χ1) is 10.4. The van der Waals surface area contributed by atoms with Gasteiger partial charge in [0.1, 0.15) is 0 Å². The maximum atomic E-state index is 5.00. The Morgan fingerprint density at radius 3 is 1.81 bits per heavy atom. The molecule has 0 heterocycles. The Morgan fingerprint density at radius 1 is 0.762 bits per heavy atom. The number of hydrogen-bond acceptors (Lipinski definition) is 1. The molecule has 1 saturated carbocycles. The maximum absolute atomic E-state index is 5.00. The molecule has 108 valence electrons. The molecule has 0 aromatic heterocycles. The topological polar surface area (TPSA) is 12.4 Å². The molecule has 1 fully saturated rings. The Morgan fingerprint density at radius 2 is 1.29 bits per heavy atom. The predicted molar refractivity (Wildman–Crippen MR) is 90.0 cm³/mol. The summed E-state index contributed by atoms with van der Waals surface area (Å²) in [4.78, 5) is 5.00. The molecule has 3 rings (SSSR count). The molecule has 0 spiro atoms. The number of aliphatic imine (C=N–C) groups is 1. The molecule has 0 N–H and O–H groups in total. The molecule has 0 aliphatic heterocycles. The zero-order valence-corrected chi connectivity index (χ0v) is 12.5. The molecule has 21 heavy (non-hydrogen) atoms. The largest absolute Gasteiger partial charge is 0.284 e. The van der Waals surface area contributed by atoms with E-state index in [9.17, 15) is 0 Å². The van der Waals surface area contributed by atoms with Crippen molar-refractivity contribution in [2.75, 3.05) is 6.54 Å². The first-order valence-electron chi connectivity index (χ1n) is 8.09. The zero-order valence-electron chi connectivity index (χ0n) is 12.5. The lowest BCUT2D eigenvalue weighted by Crippen LogP contribution is -2.12. The summed E-state index contributed by atoms with van der Waals surface area (Å²) in [6, 6.07) is 21.1. The van der Waals surface area contributed by atoms with Gasteiger partial charge in [0.05, 0.1) is 5.71 Å². The lowest BCUT2D eigenvalue weighted by Gasteiger charge is -2.20. The van der Waals surface area contributed by atoms with Gasteiger partial charge in [-0.05, 0) is 18.8 Å². The highest BCUT2D eigenvalue weighted by Crippen LogP contribution is 2.24. The van der Waals surface area contributed by atoms with E-state index in [-0.39, 0.29) is 0 Å². The van der Waals surface area contributed by atoms with Crippen LogP contribution >= 0.6 is 0 Å². The summed E-state index contributed by atoms with van der Waals surface area (Å²) in [5.74, 6) is 0.779. The number of nitrogens with zero attached hydrogens (tertiary/aromatic N) is 1. The van der Waals surface area contributed by atoms with Crippen LogP contribution in [0.4, 0.5) is 0 Å². The van der Waals surface area contributed by atoms with Crippen molar-refractivity contribution in [2.45, 2.75) is 32.1 Å². The van der Waals surface area contributed by atoms with Crippen molar-refractivity contribution in [1.82, 2.24) is 0 Å². The van der Waals surface area contributed by atoms with Gasteiger partial charge in [-0.1, -0.05) is 79.9 Å². The SMILES string of the molecule is c1ccc(C(=NCC2CCCCC2)c2ccccc2)cc1. The zero-order chi connectivity index (χ0) is 14.3. The van der Waals surface area contributed by atoms with E-state index in [4.69, 9.17) is 4.99 Å². The van der Waals surface area contributed by atoms with Gasteiger partial charge >= 0.3 is 0 Å². The third-order valence-corrected chi connectivity index (χ3v) is 4.33. The van der Waals surface area contributed by atoms with E-state index in [2.05, 4.69) is 60.7 Å². The highest BCUT2D eigenvalue weighted by atomic mass is 14.7. The van der Waals surface area contributed by atoms with Crippen LogP contribution in [0.3, 0.4) is 0 Å². The average molecular weight is 277 g/mol. The fraction of sp³-hybridized carbons (Fsp3) is 0.350. The Kier molecular flexibility index (Phi) is 4.83. The number of benzene rings is 2. The standard InChI is InChI=1S/C20H23N/c1-4-10-17(11-5-1)16-21-20(18-12-6-2-7-13-18)19-14-8-3-9-15-19/h2-3,6-9,12-15,17H,1,4-5,10-11,16H2. The number of rotatable bonds is 4. The fourth-order valence-electron chi connectivity index (χ4n) is 3.13. The van der Waals surface area contributed by atoms with E-state index < -0.39 is 0 Å². The van der Waals surface area contributed by atoms with Crippen molar-refractivity contribution in [1.29, 1.82) is 0 Å². The Balaban J connectivity index is 1.85. The quantitative estimate of drug-likeness (QED) is 0.689. The third kappa shape index (κ3) is 3.81. The minimum absolute atomic E-state index is 0.779. The van der Waals surface area contributed by atoms with E-state index in [1.807, 2.05) is 0 Å². The van der Waals surface area contributed by atoms with Gasteiger partial charge in [-0.25, -0.2) is 0 Å². The van der Waals surface area contributed by atoms with Crippen molar-refractivity contribution in [2.24, 2.45) is 10.9 Å². The van der Waals surface area contributed by atoms with E-state index in [0.29, 0.717) is 0 Å². The lowest BCUT2D eigenvalue weighted by atomic mass is 9.89. The summed E-state index contributed by atoms with van der Waals surface area (Å²) in [5.41, 5.74) is 3.58. The van der Waals surface area contributed by atoms with Crippen LogP contribution in [0.5, 0.6) is 0 Å². The molecule has 0 atom stereocenters. The van der Waals surface area contributed by atoms with Crippen LogP contribution in [0.1, 0.15) is 43.2 Å². The first kappa shape index (κ1) is 14.1. The Labute approximate surface area is 127 Å². The summed E-state index contributed by atoms with van der Waals surface area (Å²) in [5, 5.41) is 0. The van der Waals surface area contributed by atoms with Crippen molar-refractivity contribution in [3.63, 3.8) is 0 Å². The monoisotopic (exact) mass is 277 g/mol. The van der Waals surface area contributed by atoms with Gasteiger partial charge in [0, 0.05) is 17.7 Å². The normalized spacial score (nSPS) is 15.6. The highest BCUT2D eigenvalue weighted by molar-refractivity contribution is 6.12. The molecule has 2 aromatic rings. The lowest BCUT2D eigenvalue weighted by molar-refractivity contribution is 0.367. The molecule has 1 nitrogen and oxygen atoms in total. The molecule has 0 unspecified atom stereocenters. The van der Waals surface area contributed by atoms with E-state index in [1.54, 1.807) is 0 Å². The third-order valence-electron chi connectivity index (χ3n) is 4.33. The summed E-state index contributed by atoms with van der Waals surface area (Å²) in [6.45, 7) is 0.971. The van der Waals surface area contributed by atoms with E-state index >= 15 is 0 Å². The van der Waals surface area contributed by atoms with Crippen LogP contribution in [-0.2, 0) is 0 Å².